The predicted octanol–water partition coefficient (Wildman–Crippen LogP) is 14.0. The molecule has 0 aliphatic rings. The molecule has 272 valence electrons. The van der Waals surface area contributed by atoms with Crippen molar-refractivity contribution in [2.75, 3.05) is 0 Å². The molecule has 0 bridgehead atoms. The fraction of sp³-hybridized carbons (Fsp3) is 0. The standard InChI is InChI=1S/C50H24N4OS2.Pt/c1-7-15-41-33(9-1)45-43(56-41)23-21-31-29-19-17-27(25-35(29)49-51-37-11-3-5-13-39(37)53(49)47(31)45)55-28-18-20-30-32-22-24-44-46(34-10-2-8-16-42(34)57-44)48(32)54-40-14-6-4-12-38(40)52-50(54)36(30)26-28;/h1-24H;/q-2;+2. The average Bonchev–Trinajstić information content (AvgIpc) is 4.04. The van der Waals surface area contributed by atoms with Crippen molar-refractivity contribution in [1.82, 2.24) is 18.8 Å². The minimum absolute atomic E-state index is 0. The molecule has 0 saturated carbocycles. The third kappa shape index (κ3) is 4.28. The molecule has 14 rings (SSSR count). The summed E-state index contributed by atoms with van der Waals surface area (Å²) in [4.78, 5) is 10.5. The number of ether oxygens (including phenoxy) is 1. The molecular formula is C50H24N4OPtS2. The molecule has 0 radical (unpaired) electrons. The Kier molecular flexibility index (Phi) is 6.67. The van der Waals surface area contributed by atoms with Crippen LogP contribution in [0.5, 0.6) is 11.5 Å². The normalized spacial score (nSPS) is 12.3. The Hall–Kier alpha value is -6.37. The maximum atomic E-state index is 6.71. The summed E-state index contributed by atoms with van der Waals surface area (Å²) < 4.78 is 16.5. The van der Waals surface area contributed by atoms with Crippen molar-refractivity contribution in [3.8, 4) is 11.5 Å². The molecule has 6 heterocycles. The van der Waals surface area contributed by atoms with Crippen LogP contribution in [-0.4, -0.2) is 18.8 Å². The van der Waals surface area contributed by atoms with Gasteiger partial charge in [0.05, 0.1) is 33.4 Å². The molecule has 6 aromatic heterocycles. The Morgan fingerprint density at radius 3 is 1.34 bits per heavy atom. The summed E-state index contributed by atoms with van der Waals surface area (Å²) in [5.41, 5.74) is 8.09. The molecule has 0 N–H and O–H groups in total. The molecule has 0 spiro atoms. The summed E-state index contributed by atoms with van der Waals surface area (Å²) in [7, 11) is 0. The van der Waals surface area contributed by atoms with E-state index in [2.05, 4.69) is 154 Å². The van der Waals surface area contributed by atoms with Gasteiger partial charge < -0.3 is 13.5 Å². The van der Waals surface area contributed by atoms with E-state index in [9.17, 15) is 0 Å². The molecule has 0 aliphatic heterocycles. The number of hydrogen-bond donors (Lipinski definition) is 0. The molecular weight excluding hydrogens is 932 g/mol. The Bertz CT molecular complexity index is 3840. The number of thiophene rings is 2. The first-order valence-electron chi connectivity index (χ1n) is 18.9. The van der Waals surface area contributed by atoms with Gasteiger partial charge in [-0.15, -0.1) is 34.8 Å². The first-order valence-corrected chi connectivity index (χ1v) is 20.5. The van der Waals surface area contributed by atoms with Crippen molar-refractivity contribution in [2.45, 2.75) is 0 Å². The van der Waals surface area contributed by atoms with Gasteiger partial charge in [0.25, 0.3) is 0 Å². The number of imidazole rings is 2. The summed E-state index contributed by atoms with van der Waals surface area (Å²) in [5, 5.41) is 11.4. The monoisotopic (exact) mass is 955 g/mol. The quantitative estimate of drug-likeness (QED) is 0.128. The summed E-state index contributed by atoms with van der Waals surface area (Å²) in [6.45, 7) is 0. The zero-order valence-corrected chi connectivity index (χ0v) is 34.1. The van der Waals surface area contributed by atoms with E-state index in [1.807, 2.05) is 34.8 Å². The van der Waals surface area contributed by atoms with Crippen molar-refractivity contribution < 1.29 is 25.8 Å². The molecule has 0 saturated heterocycles. The average molecular weight is 956 g/mol. The smallest absolute Gasteiger partial charge is 0.497 e. The fourth-order valence-corrected chi connectivity index (χ4v) is 11.5. The minimum atomic E-state index is 0. The minimum Gasteiger partial charge on any atom is -0.497 e. The van der Waals surface area contributed by atoms with Gasteiger partial charge in [-0.25, -0.2) is 0 Å². The number of hydrogen-bond acceptors (Lipinski definition) is 5. The van der Waals surface area contributed by atoms with Gasteiger partial charge in [0, 0.05) is 62.9 Å². The SMILES string of the molecule is [Pt+2].[c-]1c(Oc2[c-]c3c(cc2)c2ccc4sc5ccccc5c4c2n2c4ccccc4nc32)ccc2c1c1nc3ccccc3n1c1c2ccc2sc3ccccc3c21. The number of fused-ring (bicyclic) bond motifs is 24. The zero-order chi connectivity index (χ0) is 36.9. The molecule has 0 atom stereocenters. The molecule has 8 heteroatoms. The van der Waals surface area contributed by atoms with Gasteiger partial charge >= 0.3 is 21.1 Å². The summed E-state index contributed by atoms with van der Waals surface area (Å²) >= 11 is 3.67. The van der Waals surface area contributed by atoms with Crippen LogP contribution >= 0.6 is 22.7 Å². The number of nitrogens with zero attached hydrogens (tertiary/aromatic N) is 4. The first kappa shape index (κ1) is 32.7. The Balaban J connectivity index is 0.00000350. The van der Waals surface area contributed by atoms with Crippen LogP contribution in [-0.2, 0) is 21.1 Å². The van der Waals surface area contributed by atoms with Crippen LogP contribution < -0.4 is 4.74 Å². The zero-order valence-electron chi connectivity index (χ0n) is 30.2. The van der Waals surface area contributed by atoms with E-state index < -0.39 is 0 Å². The predicted molar refractivity (Wildman–Crippen MR) is 239 cm³/mol. The molecule has 0 amide bonds. The van der Waals surface area contributed by atoms with Crippen LogP contribution in [0.15, 0.2) is 146 Å². The second-order valence-electron chi connectivity index (χ2n) is 14.7. The molecule has 58 heavy (non-hydrogen) atoms. The summed E-state index contributed by atoms with van der Waals surface area (Å²) in [5.74, 6) is 1.20. The van der Waals surface area contributed by atoms with Gasteiger partial charge in [0.1, 0.15) is 0 Å². The number of benzene rings is 8. The van der Waals surface area contributed by atoms with E-state index >= 15 is 0 Å². The van der Waals surface area contributed by atoms with Crippen LogP contribution in [0.2, 0.25) is 0 Å². The number of para-hydroxylation sites is 4. The van der Waals surface area contributed by atoms with Crippen LogP contribution in [0.1, 0.15) is 0 Å². The largest absolute Gasteiger partial charge is 2.00 e. The van der Waals surface area contributed by atoms with E-state index in [1.165, 1.54) is 51.4 Å². The first-order chi connectivity index (χ1) is 28.2. The van der Waals surface area contributed by atoms with Crippen LogP contribution in [0.3, 0.4) is 0 Å². The van der Waals surface area contributed by atoms with Crippen molar-refractivity contribution in [1.29, 1.82) is 0 Å². The second kappa shape index (κ2) is 11.8. The number of aromatic nitrogens is 4. The van der Waals surface area contributed by atoms with Gasteiger partial charge in [-0.05, 0) is 59.3 Å². The van der Waals surface area contributed by atoms with Crippen LogP contribution in [0, 0.1) is 12.1 Å². The number of pyridine rings is 2. The van der Waals surface area contributed by atoms with Crippen molar-refractivity contribution in [3.63, 3.8) is 0 Å². The van der Waals surface area contributed by atoms with Crippen LogP contribution in [0.4, 0.5) is 0 Å². The van der Waals surface area contributed by atoms with Crippen molar-refractivity contribution in [3.05, 3.63) is 158 Å². The molecule has 5 nitrogen and oxygen atoms in total. The van der Waals surface area contributed by atoms with E-state index in [-0.39, 0.29) is 21.1 Å². The van der Waals surface area contributed by atoms with E-state index in [4.69, 9.17) is 14.7 Å². The maximum absolute atomic E-state index is 6.71. The Morgan fingerprint density at radius 2 is 0.845 bits per heavy atom. The maximum Gasteiger partial charge on any atom is 2.00 e. The summed E-state index contributed by atoms with van der Waals surface area (Å²) in [6.07, 6.45) is 0. The fourth-order valence-electron chi connectivity index (χ4n) is 9.32. The summed E-state index contributed by atoms with van der Waals surface area (Å²) in [6, 6.07) is 58.9. The van der Waals surface area contributed by atoms with Gasteiger partial charge in [0.15, 0.2) is 0 Å². The van der Waals surface area contributed by atoms with E-state index in [1.54, 1.807) is 0 Å². The van der Waals surface area contributed by atoms with Crippen molar-refractivity contribution in [2.24, 2.45) is 0 Å². The third-order valence-corrected chi connectivity index (χ3v) is 14.0. The van der Waals surface area contributed by atoms with E-state index in [0.29, 0.717) is 11.5 Å². The van der Waals surface area contributed by atoms with Gasteiger partial charge in [0.2, 0.25) is 0 Å². The Labute approximate surface area is 351 Å². The molecule has 0 fully saturated rings. The van der Waals surface area contributed by atoms with Gasteiger partial charge in [-0.2, -0.15) is 0 Å². The third-order valence-electron chi connectivity index (χ3n) is 11.7. The topological polar surface area (TPSA) is 43.8 Å². The molecule has 14 aromatic rings. The van der Waals surface area contributed by atoms with Gasteiger partial charge in [-0.3, -0.25) is 9.97 Å². The molecule has 0 unspecified atom stereocenters. The Morgan fingerprint density at radius 1 is 0.414 bits per heavy atom. The second-order valence-corrected chi connectivity index (χ2v) is 16.9. The van der Waals surface area contributed by atoms with Gasteiger partial charge in [-0.1, -0.05) is 119 Å². The molecule has 8 aromatic carbocycles. The van der Waals surface area contributed by atoms with Crippen molar-refractivity contribution >= 4 is 140 Å². The van der Waals surface area contributed by atoms with Crippen LogP contribution in [0.25, 0.3) is 117 Å². The van der Waals surface area contributed by atoms with E-state index in [0.717, 1.165) is 65.7 Å². The number of rotatable bonds is 2. The molecule has 0 aliphatic carbocycles.